The largest absolute Gasteiger partial charge is 0.335 e. The number of carbonyl (C=O) groups excluding carboxylic acids is 1. The minimum atomic E-state index is -0.0132. The summed E-state index contributed by atoms with van der Waals surface area (Å²) < 4.78 is 1.96. The highest BCUT2D eigenvalue weighted by atomic mass is 16.2. The molecule has 2 amide bonds. The van der Waals surface area contributed by atoms with E-state index in [0.717, 1.165) is 18.5 Å². The maximum atomic E-state index is 12.5. The van der Waals surface area contributed by atoms with E-state index in [1.54, 1.807) is 18.7 Å². The Hall–Kier alpha value is -2.37. The van der Waals surface area contributed by atoms with Gasteiger partial charge in [0.05, 0.1) is 18.6 Å². The van der Waals surface area contributed by atoms with Crippen LogP contribution in [-0.2, 0) is 13.1 Å². The van der Waals surface area contributed by atoms with Crippen LogP contribution in [0.1, 0.15) is 25.5 Å². The second-order valence-electron chi connectivity index (χ2n) is 5.79. The van der Waals surface area contributed by atoms with Gasteiger partial charge in [0.2, 0.25) is 0 Å². The molecule has 1 N–H and O–H groups in total. The number of hydrogen-bond donors (Lipinski definition) is 1. The third kappa shape index (κ3) is 3.84. The summed E-state index contributed by atoms with van der Waals surface area (Å²) in [5.74, 6) is 0. The molecule has 0 aliphatic heterocycles. The summed E-state index contributed by atoms with van der Waals surface area (Å²) >= 11 is 0. The number of imidazole rings is 1. The SMILES string of the molecule is CC(Cn1ccnc1)NC(=O)N(Cc1ccccn1)C1CC1. The average Bonchev–Trinajstić information content (AvgIpc) is 3.23. The first-order chi connectivity index (χ1) is 10.7. The van der Waals surface area contributed by atoms with Gasteiger partial charge in [0.25, 0.3) is 0 Å². The summed E-state index contributed by atoms with van der Waals surface area (Å²) in [6.45, 7) is 3.28. The van der Waals surface area contributed by atoms with E-state index in [0.29, 0.717) is 19.1 Å². The number of aromatic nitrogens is 3. The highest BCUT2D eigenvalue weighted by Crippen LogP contribution is 2.28. The predicted octanol–water partition coefficient (Wildman–Crippen LogP) is 2.04. The molecular weight excluding hydrogens is 278 g/mol. The summed E-state index contributed by atoms with van der Waals surface area (Å²) in [6, 6.07) is 6.18. The molecule has 1 atom stereocenters. The fourth-order valence-electron chi connectivity index (χ4n) is 2.47. The first-order valence-corrected chi connectivity index (χ1v) is 7.65. The van der Waals surface area contributed by atoms with Crippen LogP contribution in [0.5, 0.6) is 0 Å². The van der Waals surface area contributed by atoms with Crippen LogP contribution in [0.4, 0.5) is 4.79 Å². The molecule has 1 fully saturated rings. The molecule has 6 nitrogen and oxygen atoms in total. The second kappa shape index (κ2) is 6.60. The summed E-state index contributed by atoms with van der Waals surface area (Å²) in [6.07, 6.45) is 9.32. The molecule has 0 saturated heterocycles. The van der Waals surface area contributed by atoms with Gasteiger partial charge in [0.1, 0.15) is 0 Å². The molecule has 0 bridgehead atoms. The summed E-state index contributed by atoms with van der Waals surface area (Å²) in [5.41, 5.74) is 0.923. The van der Waals surface area contributed by atoms with Gasteiger partial charge >= 0.3 is 6.03 Å². The van der Waals surface area contributed by atoms with Gasteiger partial charge in [-0.3, -0.25) is 4.98 Å². The van der Waals surface area contributed by atoms with E-state index < -0.39 is 0 Å². The van der Waals surface area contributed by atoms with Gasteiger partial charge in [-0.25, -0.2) is 9.78 Å². The third-order valence-electron chi connectivity index (χ3n) is 3.72. The molecular formula is C16H21N5O. The minimum Gasteiger partial charge on any atom is -0.335 e. The molecule has 3 rings (SSSR count). The second-order valence-corrected chi connectivity index (χ2v) is 5.79. The van der Waals surface area contributed by atoms with Crippen molar-refractivity contribution >= 4 is 6.03 Å². The fraction of sp³-hybridized carbons (Fsp3) is 0.438. The van der Waals surface area contributed by atoms with Crippen molar-refractivity contribution in [1.82, 2.24) is 24.8 Å². The number of amides is 2. The standard InChI is InChI=1S/C16H21N5O/c1-13(10-20-9-8-17-12-20)19-16(22)21(15-5-6-15)11-14-4-2-3-7-18-14/h2-4,7-9,12-13,15H,5-6,10-11H2,1H3,(H,19,22). The quantitative estimate of drug-likeness (QED) is 0.888. The van der Waals surface area contributed by atoms with Gasteiger partial charge in [-0.05, 0) is 31.9 Å². The predicted molar refractivity (Wildman–Crippen MR) is 83.0 cm³/mol. The van der Waals surface area contributed by atoms with Crippen molar-refractivity contribution in [2.45, 2.75) is 44.9 Å². The van der Waals surface area contributed by atoms with Crippen LogP contribution in [0.25, 0.3) is 0 Å². The number of urea groups is 1. The summed E-state index contributed by atoms with van der Waals surface area (Å²) in [4.78, 5) is 22.8. The van der Waals surface area contributed by atoms with Gasteiger partial charge in [-0.1, -0.05) is 6.07 Å². The van der Waals surface area contributed by atoms with Crippen LogP contribution in [0.3, 0.4) is 0 Å². The van der Waals surface area contributed by atoms with Crippen molar-refractivity contribution < 1.29 is 4.79 Å². The van der Waals surface area contributed by atoms with Crippen LogP contribution >= 0.6 is 0 Å². The lowest BCUT2D eigenvalue weighted by Crippen LogP contribution is -2.45. The normalized spacial score (nSPS) is 15.3. The lowest BCUT2D eigenvalue weighted by atomic mass is 10.3. The number of nitrogens with one attached hydrogen (secondary N) is 1. The molecule has 1 saturated carbocycles. The summed E-state index contributed by atoms with van der Waals surface area (Å²) in [7, 11) is 0. The van der Waals surface area contributed by atoms with Crippen LogP contribution in [0.15, 0.2) is 43.1 Å². The number of rotatable bonds is 6. The summed E-state index contributed by atoms with van der Waals surface area (Å²) in [5, 5.41) is 3.07. The van der Waals surface area contributed by atoms with Crippen molar-refractivity contribution in [3.05, 3.63) is 48.8 Å². The Morgan fingerprint density at radius 3 is 2.95 bits per heavy atom. The Morgan fingerprint density at radius 2 is 2.32 bits per heavy atom. The third-order valence-corrected chi connectivity index (χ3v) is 3.72. The molecule has 2 aromatic rings. The van der Waals surface area contributed by atoms with E-state index in [2.05, 4.69) is 15.3 Å². The molecule has 0 aromatic carbocycles. The van der Waals surface area contributed by atoms with Gasteiger partial charge in [0.15, 0.2) is 0 Å². The Labute approximate surface area is 130 Å². The van der Waals surface area contributed by atoms with Gasteiger partial charge in [-0.15, -0.1) is 0 Å². The zero-order valence-corrected chi connectivity index (χ0v) is 12.7. The van der Waals surface area contributed by atoms with Gasteiger partial charge in [0, 0.05) is 37.2 Å². The topological polar surface area (TPSA) is 63.1 Å². The van der Waals surface area contributed by atoms with Crippen molar-refractivity contribution in [3.8, 4) is 0 Å². The zero-order valence-electron chi connectivity index (χ0n) is 12.7. The van der Waals surface area contributed by atoms with Crippen molar-refractivity contribution in [1.29, 1.82) is 0 Å². The van der Waals surface area contributed by atoms with Crippen LogP contribution in [0, 0.1) is 0 Å². The molecule has 2 aromatic heterocycles. The van der Waals surface area contributed by atoms with Crippen molar-refractivity contribution in [2.24, 2.45) is 0 Å². The van der Waals surface area contributed by atoms with E-state index in [-0.39, 0.29) is 12.1 Å². The maximum absolute atomic E-state index is 12.5. The van der Waals surface area contributed by atoms with Crippen LogP contribution in [-0.4, -0.2) is 37.5 Å². The lowest BCUT2D eigenvalue weighted by Gasteiger charge is -2.25. The van der Waals surface area contributed by atoms with E-state index in [1.807, 2.05) is 40.8 Å². The van der Waals surface area contributed by atoms with Crippen LogP contribution < -0.4 is 5.32 Å². The fourth-order valence-corrected chi connectivity index (χ4v) is 2.47. The number of pyridine rings is 1. The smallest absolute Gasteiger partial charge is 0.318 e. The first-order valence-electron chi connectivity index (χ1n) is 7.65. The van der Waals surface area contributed by atoms with Crippen molar-refractivity contribution in [3.63, 3.8) is 0 Å². The number of nitrogens with zero attached hydrogens (tertiary/aromatic N) is 4. The molecule has 116 valence electrons. The monoisotopic (exact) mass is 299 g/mol. The maximum Gasteiger partial charge on any atom is 0.318 e. The number of hydrogen-bond acceptors (Lipinski definition) is 3. The van der Waals surface area contributed by atoms with E-state index in [4.69, 9.17) is 0 Å². The average molecular weight is 299 g/mol. The molecule has 1 unspecified atom stereocenters. The van der Waals surface area contributed by atoms with Crippen LogP contribution in [0.2, 0.25) is 0 Å². The van der Waals surface area contributed by atoms with Gasteiger partial charge in [-0.2, -0.15) is 0 Å². The van der Waals surface area contributed by atoms with Crippen molar-refractivity contribution in [2.75, 3.05) is 0 Å². The van der Waals surface area contributed by atoms with Gasteiger partial charge < -0.3 is 14.8 Å². The minimum absolute atomic E-state index is 0.0132. The highest BCUT2D eigenvalue weighted by molar-refractivity contribution is 5.75. The Morgan fingerprint density at radius 1 is 1.45 bits per heavy atom. The molecule has 0 radical (unpaired) electrons. The van der Waals surface area contributed by atoms with E-state index in [1.165, 1.54) is 0 Å². The lowest BCUT2D eigenvalue weighted by molar-refractivity contribution is 0.186. The Bertz CT molecular complexity index is 594. The Balaban J connectivity index is 1.58. The van der Waals surface area contributed by atoms with E-state index in [9.17, 15) is 4.79 Å². The first kappa shape index (κ1) is 14.6. The molecule has 1 aliphatic rings. The molecule has 1 aliphatic carbocycles. The van der Waals surface area contributed by atoms with E-state index >= 15 is 0 Å². The zero-order chi connectivity index (χ0) is 15.4. The molecule has 0 spiro atoms. The molecule has 22 heavy (non-hydrogen) atoms. The molecule has 6 heteroatoms. The number of carbonyl (C=O) groups is 1. The molecule has 2 heterocycles. The Kier molecular flexibility index (Phi) is 4.37. The highest BCUT2D eigenvalue weighted by Gasteiger charge is 2.33.